The molecule has 1 heterocycles. The van der Waals surface area contributed by atoms with Gasteiger partial charge in [0.1, 0.15) is 0 Å². The van der Waals surface area contributed by atoms with Crippen molar-refractivity contribution in [3.8, 4) is 0 Å². The van der Waals surface area contributed by atoms with Crippen LogP contribution in [0.5, 0.6) is 0 Å². The number of ether oxygens (including phenoxy) is 1. The molecule has 1 aliphatic heterocycles. The van der Waals surface area contributed by atoms with E-state index in [9.17, 15) is 10.1 Å². The van der Waals surface area contributed by atoms with E-state index in [1.807, 2.05) is 12.1 Å². The summed E-state index contributed by atoms with van der Waals surface area (Å²) in [7, 11) is 0. The van der Waals surface area contributed by atoms with E-state index in [-0.39, 0.29) is 29.1 Å². The van der Waals surface area contributed by atoms with Crippen LogP contribution in [0.25, 0.3) is 0 Å². The molecule has 0 bridgehead atoms. The van der Waals surface area contributed by atoms with Crippen LogP contribution in [0, 0.1) is 10.1 Å². The predicted octanol–water partition coefficient (Wildman–Crippen LogP) is 3.42. The van der Waals surface area contributed by atoms with Crippen molar-refractivity contribution >= 4 is 18.1 Å². The second kappa shape index (κ2) is 8.06. The largest absolute Gasteiger partial charge is 0.372 e. The van der Waals surface area contributed by atoms with E-state index in [2.05, 4.69) is 23.5 Å². The number of benzene rings is 2. The highest BCUT2D eigenvalue weighted by molar-refractivity contribution is 5.85. The van der Waals surface area contributed by atoms with Gasteiger partial charge in [-0.15, -0.1) is 12.4 Å². The van der Waals surface area contributed by atoms with Gasteiger partial charge in [0.2, 0.25) is 0 Å². The minimum Gasteiger partial charge on any atom is -0.372 e. The molecule has 0 aromatic heterocycles. The Kier molecular flexibility index (Phi) is 6.10. The highest BCUT2D eigenvalue weighted by atomic mass is 35.5. The van der Waals surface area contributed by atoms with Gasteiger partial charge in [-0.3, -0.25) is 10.1 Å². The minimum absolute atomic E-state index is 0. The van der Waals surface area contributed by atoms with Gasteiger partial charge in [0.25, 0.3) is 5.69 Å². The first-order chi connectivity index (χ1) is 10.7. The average Bonchev–Trinajstić information content (AvgIpc) is 2.55. The molecule has 3 rings (SSSR count). The van der Waals surface area contributed by atoms with Crippen molar-refractivity contribution in [3.63, 3.8) is 0 Å². The van der Waals surface area contributed by atoms with Crippen LogP contribution in [0.4, 0.5) is 5.69 Å². The fourth-order valence-electron chi connectivity index (χ4n) is 2.77. The molecular weight excluding hydrogens is 316 g/mol. The molecule has 0 radical (unpaired) electrons. The highest BCUT2D eigenvalue weighted by Gasteiger charge is 2.19. The lowest BCUT2D eigenvalue weighted by atomic mass is 9.97. The molecule has 23 heavy (non-hydrogen) atoms. The van der Waals surface area contributed by atoms with Crippen molar-refractivity contribution in [2.75, 3.05) is 13.2 Å². The maximum absolute atomic E-state index is 10.8. The normalized spacial score (nSPS) is 16.3. The van der Waals surface area contributed by atoms with Crippen molar-refractivity contribution in [1.29, 1.82) is 0 Å². The zero-order valence-electron chi connectivity index (χ0n) is 12.6. The number of nitro benzene ring substituents is 1. The van der Waals surface area contributed by atoms with Gasteiger partial charge in [-0.25, -0.2) is 0 Å². The Morgan fingerprint density at radius 1 is 1.22 bits per heavy atom. The van der Waals surface area contributed by atoms with Crippen molar-refractivity contribution in [3.05, 3.63) is 75.3 Å². The predicted molar refractivity (Wildman–Crippen MR) is 90.9 cm³/mol. The van der Waals surface area contributed by atoms with E-state index in [1.165, 1.54) is 17.2 Å². The fraction of sp³-hybridized carbons (Fsp3) is 0.294. The van der Waals surface area contributed by atoms with E-state index < -0.39 is 0 Å². The second-order valence-corrected chi connectivity index (χ2v) is 5.37. The summed E-state index contributed by atoms with van der Waals surface area (Å²) in [4.78, 5) is 10.4. The summed E-state index contributed by atoms with van der Waals surface area (Å²) in [5.74, 6) is 0. The van der Waals surface area contributed by atoms with Crippen LogP contribution in [0.3, 0.4) is 0 Å². The van der Waals surface area contributed by atoms with Crippen LogP contribution in [0.2, 0.25) is 0 Å². The lowest BCUT2D eigenvalue weighted by Crippen LogP contribution is -2.27. The zero-order valence-corrected chi connectivity index (χ0v) is 13.4. The third kappa shape index (κ3) is 4.28. The number of rotatable bonds is 5. The number of halogens is 1. The Morgan fingerprint density at radius 3 is 2.87 bits per heavy atom. The number of nitrogens with one attached hydrogen (secondary N) is 1. The monoisotopic (exact) mass is 334 g/mol. The Bertz CT molecular complexity index is 678. The molecule has 1 unspecified atom stereocenters. The Hall–Kier alpha value is -1.95. The van der Waals surface area contributed by atoms with Crippen LogP contribution >= 0.6 is 12.4 Å². The summed E-state index contributed by atoms with van der Waals surface area (Å²) >= 11 is 0. The third-order valence-electron chi connectivity index (χ3n) is 3.87. The fourth-order valence-corrected chi connectivity index (χ4v) is 2.77. The molecule has 2 aromatic carbocycles. The Balaban J connectivity index is 0.00000192. The van der Waals surface area contributed by atoms with Crippen molar-refractivity contribution < 1.29 is 9.66 Å². The number of nitrogens with zero attached hydrogens (tertiary/aromatic N) is 1. The first-order valence-corrected chi connectivity index (χ1v) is 7.37. The molecule has 0 fully saturated rings. The number of hydrogen-bond donors (Lipinski definition) is 1. The SMILES string of the molecule is Cl.O=[N+]([O-])c1cccc(CNCC2OCCc3ccccc32)c1. The van der Waals surface area contributed by atoms with Gasteiger partial charge in [-0.05, 0) is 23.1 Å². The summed E-state index contributed by atoms with van der Waals surface area (Å²) in [6, 6.07) is 15.0. The summed E-state index contributed by atoms with van der Waals surface area (Å²) < 4.78 is 5.83. The molecule has 6 heteroatoms. The van der Waals surface area contributed by atoms with Crippen LogP contribution in [0.15, 0.2) is 48.5 Å². The molecule has 0 saturated carbocycles. The standard InChI is InChI=1S/C17H18N2O3.ClH/c20-19(21)15-6-3-4-13(10-15)11-18-12-17-16-7-2-1-5-14(16)8-9-22-17;/h1-7,10,17-18H,8-9,11-12H2;1H. The first kappa shape index (κ1) is 17.4. The van der Waals surface area contributed by atoms with Gasteiger partial charge in [-0.2, -0.15) is 0 Å². The van der Waals surface area contributed by atoms with E-state index in [1.54, 1.807) is 12.1 Å². The number of non-ortho nitro benzene ring substituents is 1. The zero-order chi connectivity index (χ0) is 15.4. The molecule has 122 valence electrons. The van der Waals surface area contributed by atoms with Crippen LogP contribution in [-0.4, -0.2) is 18.1 Å². The quantitative estimate of drug-likeness (QED) is 0.672. The minimum atomic E-state index is -0.371. The molecule has 0 spiro atoms. The van der Waals surface area contributed by atoms with Crippen molar-refractivity contribution in [2.24, 2.45) is 0 Å². The van der Waals surface area contributed by atoms with Gasteiger partial charge in [0.05, 0.1) is 17.6 Å². The number of fused-ring (bicyclic) bond motifs is 1. The van der Waals surface area contributed by atoms with E-state index in [0.717, 1.165) is 18.6 Å². The molecular formula is C17H19ClN2O3. The highest BCUT2D eigenvalue weighted by Crippen LogP contribution is 2.26. The molecule has 1 N–H and O–H groups in total. The molecule has 0 saturated heterocycles. The average molecular weight is 335 g/mol. The first-order valence-electron chi connectivity index (χ1n) is 7.37. The van der Waals surface area contributed by atoms with Crippen LogP contribution in [-0.2, 0) is 17.7 Å². The van der Waals surface area contributed by atoms with Crippen molar-refractivity contribution in [2.45, 2.75) is 19.1 Å². The maximum atomic E-state index is 10.8. The van der Waals surface area contributed by atoms with Gasteiger partial charge in [0.15, 0.2) is 0 Å². The topological polar surface area (TPSA) is 64.4 Å². The molecule has 5 nitrogen and oxygen atoms in total. The summed E-state index contributed by atoms with van der Waals surface area (Å²) in [5.41, 5.74) is 3.60. The van der Waals surface area contributed by atoms with Gasteiger partial charge in [-0.1, -0.05) is 36.4 Å². The summed E-state index contributed by atoms with van der Waals surface area (Å²) in [5, 5.41) is 14.1. The Labute approximate surface area is 141 Å². The molecule has 1 aliphatic rings. The van der Waals surface area contributed by atoms with Gasteiger partial charge < -0.3 is 10.1 Å². The Morgan fingerprint density at radius 2 is 2.04 bits per heavy atom. The molecule has 0 aliphatic carbocycles. The third-order valence-corrected chi connectivity index (χ3v) is 3.87. The van der Waals surface area contributed by atoms with E-state index >= 15 is 0 Å². The van der Waals surface area contributed by atoms with E-state index in [0.29, 0.717) is 13.1 Å². The summed E-state index contributed by atoms with van der Waals surface area (Å²) in [6.45, 7) is 2.02. The molecule has 1 atom stereocenters. The number of hydrogen-bond acceptors (Lipinski definition) is 4. The lowest BCUT2D eigenvalue weighted by molar-refractivity contribution is -0.384. The van der Waals surface area contributed by atoms with Crippen molar-refractivity contribution in [1.82, 2.24) is 5.32 Å². The molecule has 2 aromatic rings. The number of nitro groups is 1. The van der Waals surface area contributed by atoms with Gasteiger partial charge >= 0.3 is 0 Å². The van der Waals surface area contributed by atoms with E-state index in [4.69, 9.17) is 4.74 Å². The molecule has 0 amide bonds. The maximum Gasteiger partial charge on any atom is 0.269 e. The van der Waals surface area contributed by atoms with Crippen LogP contribution < -0.4 is 5.32 Å². The summed E-state index contributed by atoms with van der Waals surface area (Å²) in [6.07, 6.45) is 1.00. The smallest absolute Gasteiger partial charge is 0.269 e. The second-order valence-electron chi connectivity index (χ2n) is 5.37. The lowest BCUT2D eigenvalue weighted by Gasteiger charge is -2.26. The van der Waals surface area contributed by atoms with Gasteiger partial charge in [0, 0.05) is 25.2 Å². The van der Waals surface area contributed by atoms with Crippen LogP contribution in [0.1, 0.15) is 22.8 Å².